The summed E-state index contributed by atoms with van der Waals surface area (Å²) < 4.78 is 2.29. The van der Waals surface area contributed by atoms with Crippen LogP contribution in [0.1, 0.15) is 5.82 Å². The maximum atomic E-state index is 12.5. The number of thiophene rings is 1. The summed E-state index contributed by atoms with van der Waals surface area (Å²) in [7, 11) is 0. The smallest absolute Gasteiger partial charge is 0.272 e. The Kier molecular flexibility index (Phi) is 3.85. The van der Waals surface area contributed by atoms with Crippen molar-refractivity contribution in [1.29, 1.82) is 0 Å². The Balaban J connectivity index is 2.13. The van der Waals surface area contributed by atoms with Gasteiger partial charge in [-0.3, -0.25) is 9.36 Å². The molecule has 0 aromatic carbocycles. The third-order valence-electron chi connectivity index (χ3n) is 2.79. The third kappa shape index (κ3) is 2.74. The number of hydrogen-bond acceptors (Lipinski definition) is 6. The zero-order valence-electron chi connectivity index (χ0n) is 11.3. The predicted octanol–water partition coefficient (Wildman–Crippen LogP) is 2.89. The summed E-state index contributed by atoms with van der Waals surface area (Å²) in [6, 6.07) is 3.66. The summed E-state index contributed by atoms with van der Waals surface area (Å²) in [5.41, 5.74) is 0.682. The molecule has 0 amide bonds. The maximum Gasteiger partial charge on any atom is 0.272 e. The molecule has 3 aromatic rings. The van der Waals surface area contributed by atoms with E-state index in [4.69, 9.17) is 0 Å². The van der Waals surface area contributed by atoms with Gasteiger partial charge < -0.3 is 0 Å². The molecule has 0 unspecified atom stereocenters. The molecule has 0 fully saturated rings. The molecule has 106 valence electrons. The Morgan fingerprint density at radius 2 is 2.29 bits per heavy atom. The summed E-state index contributed by atoms with van der Waals surface area (Å²) in [6.07, 6.45) is 3.39. The molecule has 3 aromatic heterocycles. The van der Waals surface area contributed by atoms with Gasteiger partial charge in [-0.25, -0.2) is 15.0 Å². The largest absolute Gasteiger partial charge is 0.282 e. The lowest BCUT2D eigenvalue weighted by atomic mass is 10.4. The average molecular weight is 316 g/mol. The van der Waals surface area contributed by atoms with E-state index in [1.165, 1.54) is 23.1 Å². The zero-order valence-corrected chi connectivity index (χ0v) is 12.9. The van der Waals surface area contributed by atoms with Crippen LogP contribution in [0.15, 0.2) is 51.3 Å². The van der Waals surface area contributed by atoms with E-state index in [1.807, 2.05) is 18.4 Å². The second-order valence-corrected chi connectivity index (χ2v) is 6.18. The van der Waals surface area contributed by atoms with Gasteiger partial charge in [0.2, 0.25) is 0 Å². The fraction of sp³-hybridized carbons (Fsp3) is 0.143. The van der Waals surface area contributed by atoms with Gasteiger partial charge in [-0.05, 0) is 36.2 Å². The molecule has 3 rings (SSSR count). The lowest BCUT2D eigenvalue weighted by Gasteiger charge is -2.09. The highest BCUT2D eigenvalue weighted by Gasteiger charge is 2.13. The number of allylic oxidation sites excluding steroid dienone is 1. The Morgan fingerprint density at radius 1 is 1.43 bits per heavy atom. The average Bonchev–Trinajstić information content (AvgIpc) is 2.92. The van der Waals surface area contributed by atoms with Crippen molar-refractivity contribution in [2.75, 3.05) is 0 Å². The second-order valence-electron chi connectivity index (χ2n) is 4.28. The fourth-order valence-electron chi connectivity index (χ4n) is 1.88. The molecule has 5 nitrogen and oxygen atoms in total. The first-order valence-corrected chi connectivity index (χ1v) is 7.95. The fourth-order valence-corrected chi connectivity index (χ4v) is 3.56. The number of fused-ring (bicyclic) bond motifs is 1. The molecule has 0 aliphatic heterocycles. The van der Waals surface area contributed by atoms with E-state index in [9.17, 15) is 4.79 Å². The molecular weight excluding hydrogens is 304 g/mol. The van der Waals surface area contributed by atoms with Crippen molar-refractivity contribution in [2.45, 2.75) is 23.7 Å². The van der Waals surface area contributed by atoms with E-state index in [0.717, 1.165) is 10.5 Å². The lowest BCUT2D eigenvalue weighted by molar-refractivity contribution is 0.672. The van der Waals surface area contributed by atoms with E-state index >= 15 is 0 Å². The van der Waals surface area contributed by atoms with Crippen LogP contribution < -0.4 is 5.56 Å². The van der Waals surface area contributed by atoms with Gasteiger partial charge >= 0.3 is 0 Å². The van der Waals surface area contributed by atoms with Crippen LogP contribution in [0.5, 0.6) is 0 Å². The van der Waals surface area contributed by atoms with Gasteiger partial charge in [-0.2, -0.15) is 0 Å². The summed E-state index contributed by atoms with van der Waals surface area (Å²) in [4.78, 5) is 25.5. The van der Waals surface area contributed by atoms with Crippen LogP contribution >= 0.6 is 23.1 Å². The van der Waals surface area contributed by atoms with E-state index in [-0.39, 0.29) is 5.56 Å². The number of nitrogens with zero attached hydrogens (tertiary/aromatic N) is 4. The molecule has 0 N–H and O–H groups in total. The SMILES string of the molecule is C=CCn1c(Sc2ccnc(C)n2)nc2ccsc2c1=O. The van der Waals surface area contributed by atoms with Gasteiger partial charge in [0, 0.05) is 12.7 Å². The minimum atomic E-state index is -0.0387. The molecule has 0 saturated carbocycles. The van der Waals surface area contributed by atoms with Crippen LogP contribution in [0.2, 0.25) is 0 Å². The van der Waals surface area contributed by atoms with Crippen molar-refractivity contribution in [3.05, 3.63) is 52.5 Å². The Morgan fingerprint density at radius 3 is 3.05 bits per heavy atom. The van der Waals surface area contributed by atoms with Gasteiger partial charge in [0.25, 0.3) is 5.56 Å². The minimum absolute atomic E-state index is 0.0387. The molecule has 0 bridgehead atoms. The number of aryl methyl sites for hydroxylation is 1. The van der Waals surface area contributed by atoms with Crippen molar-refractivity contribution >= 4 is 33.3 Å². The van der Waals surface area contributed by atoms with Gasteiger partial charge in [0.05, 0.1) is 5.52 Å². The first-order valence-electron chi connectivity index (χ1n) is 6.25. The lowest BCUT2D eigenvalue weighted by Crippen LogP contribution is -2.21. The topological polar surface area (TPSA) is 60.7 Å². The standard InChI is InChI=1S/C14H12N4OS2/c1-3-7-18-13(19)12-10(5-8-20-12)17-14(18)21-11-4-6-15-9(2)16-11/h3-6,8H,1,7H2,2H3. The third-order valence-corrected chi connectivity index (χ3v) is 4.61. The molecule has 0 spiro atoms. The van der Waals surface area contributed by atoms with Crippen LogP contribution in [0.25, 0.3) is 10.2 Å². The molecule has 3 heterocycles. The monoisotopic (exact) mass is 316 g/mol. The van der Waals surface area contributed by atoms with Crippen LogP contribution in [0, 0.1) is 6.92 Å². The van der Waals surface area contributed by atoms with E-state index in [1.54, 1.807) is 22.9 Å². The predicted molar refractivity (Wildman–Crippen MR) is 85.0 cm³/mol. The zero-order chi connectivity index (χ0) is 14.8. The van der Waals surface area contributed by atoms with Crippen molar-refractivity contribution in [1.82, 2.24) is 19.5 Å². The quantitative estimate of drug-likeness (QED) is 0.421. The summed E-state index contributed by atoms with van der Waals surface area (Å²) >= 11 is 2.76. The molecule has 21 heavy (non-hydrogen) atoms. The van der Waals surface area contributed by atoms with E-state index in [2.05, 4.69) is 21.5 Å². The van der Waals surface area contributed by atoms with Crippen molar-refractivity contribution in [2.24, 2.45) is 0 Å². The molecule has 0 atom stereocenters. The van der Waals surface area contributed by atoms with Crippen LogP contribution in [0.3, 0.4) is 0 Å². The van der Waals surface area contributed by atoms with Crippen molar-refractivity contribution in [3.63, 3.8) is 0 Å². The highest BCUT2D eigenvalue weighted by atomic mass is 32.2. The minimum Gasteiger partial charge on any atom is -0.282 e. The first kappa shape index (κ1) is 14.0. The number of aromatic nitrogens is 4. The second kappa shape index (κ2) is 5.79. The molecule has 0 aliphatic carbocycles. The molecule has 0 aliphatic rings. The summed E-state index contributed by atoms with van der Waals surface area (Å²) in [5, 5.41) is 3.26. The van der Waals surface area contributed by atoms with Crippen molar-refractivity contribution in [3.8, 4) is 0 Å². The van der Waals surface area contributed by atoms with Crippen LogP contribution in [-0.4, -0.2) is 19.5 Å². The van der Waals surface area contributed by atoms with Gasteiger partial charge in [-0.15, -0.1) is 17.9 Å². The van der Waals surface area contributed by atoms with Crippen LogP contribution in [-0.2, 0) is 6.54 Å². The van der Waals surface area contributed by atoms with Gasteiger partial charge in [0.1, 0.15) is 15.6 Å². The molecular formula is C14H12N4OS2. The van der Waals surface area contributed by atoms with Gasteiger partial charge in [-0.1, -0.05) is 6.08 Å². The molecule has 7 heteroatoms. The molecule has 0 saturated heterocycles. The van der Waals surface area contributed by atoms with E-state index < -0.39 is 0 Å². The summed E-state index contributed by atoms with van der Waals surface area (Å²) in [6.45, 7) is 5.96. The number of hydrogen-bond donors (Lipinski definition) is 0. The first-order chi connectivity index (χ1) is 10.2. The number of rotatable bonds is 4. The normalized spacial score (nSPS) is 10.9. The molecule has 0 radical (unpaired) electrons. The van der Waals surface area contributed by atoms with Crippen molar-refractivity contribution < 1.29 is 0 Å². The Labute approximate surface area is 129 Å². The summed E-state index contributed by atoms with van der Waals surface area (Å²) in [5.74, 6) is 0.689. The Hall–Kier alpha value is -1.99. The highest BCUT2D eigenvalue weighted by Crippen LogP contribution is 2.26. The van der Waals surface area contributed by atoms with E-state index in [0.29, 0.717) is 22.2 Å². The highest BCUT2D eigenvalue weighted by molar-refractivity contribution is 7.99. The van der Waals surface area contributed by atoms with Gasteiger partial charge in [0.15, 0.2) is 5.16 Å². The maximum absolute atomic E-state index is 12.5. The Bertz CT molecular complexity index is 869. The van der Waals surface area contributed by atoms with Crippen LogP contribution in [0.4, 0.5) is 0 Å².